The Morgan fingerprint density at radius 3 is 2.46 bits per heavy atom. The third-order valence-electron chi connectivity index (χ3n) is 3.68. The van der Waals surface area contributed by atoms with Gasteiger partial charge in [-0.05, 0) is 24.6 Å². The van der Waals surface area contributed by atoms with Crippen LogP contribution in [0.3, 0.4) is 0 Å². The Bertz CT molecular complexity index is 855. The van der Waals surface area contributed by atoms with Crippen LogP contribution in [0.2, 0.25) is 0 Å². The molecule has 0 aliphatic carbocycles. The zero-order valence-electron chi connectivity index (χ0n) is 14.5. The predicted octanol–water partition coefficient (Wildman–Crippen LogP) is 2.69. The van der Waals surface area contributed by atoms with Crippen LogP contribution in [0.25, 0.3) is 0 Å². The second-order valence-corrected chi connectivity index (χ2v) is 7.45. The zero-order valence-corrected chi connectivity index (χ0v) is 15.3. The zero-order chi connectivity index (χ0) is 19.2. The van der Waals surface area contributed by atoms with E-state index in [0.29, 0.717) is 13.0 Å². The van der Waals surface area contributed by atoms with Gasteiger partial charge < -0.3 is 9.47 Å². The average Bonchev–Trinajstić information content (AvgIpc) is 2.65. The molecule has 0 unspecified atom stereocenters. The first-order valence-electron chi connectivity index (χ1n) is 7.83. The molecule has 0 aliphatic heterocycles. The van der Waals surface area contributed by atoms with E-state index in [-0.39, 0.29) is 22.9 Å². The highest BCUT2D eigenvalue weighted by molar-refractivity contribution is 7.89. The molecule has 2 rings (SSSR count). The van der Waals surface area contributed by atoms with Gasteiger partial charge in [-0.15, -0.1) is 0 Å². The Kier molecular flexibility index (Phi) is 6.53. The first kappa shape index (κ1) is 19.7. The predicted molar refractivity (Wildman–Crippen MR) is 96.0 cm³/mol. The number of nitro groups is 1. The molecular formula is C17H20N2O6S. The van der Waals surface area contributed by atoms with Crippen LogP contribution in [-0.4, -0.2) is 45.0 Å². The molecule has 9 heteroatoms. The van der Waals surface area contributed by atoms with Gasteiger partial charge in [0.05, 0.1) is 24.7 Å². The van der Waals surface area contributed by atoms with Crippen molar-refractivity contribution in [2.45, 2.75) is 11.3 Å². The normalized spacial score (nSPS) is 11.3. The van der Waals surface area contributed by atoms with E-state index >= 15 is 0 Å². The number of sulfonamides is 1. The molecule has 0 N–H and O–H groups in total. The molecular weight excluding hydrogens is 360 g/mol. The molecule has 0 saturated heterocycles. The van der Waals surface area contributed by atoms with E-state index < -0.39 is 14.9 Å². The van der Waals surface area contributed by atoms with Crippen LogP contribution in [0.4, 0.5) is 5.69 Å². The number of benzene rings is 2. The van der Waals surface area contributed by atoms with Crippen molar-refractivity contribution in [2.75, 3.05) is 27.3 Å². The highest BCUT2D eigenvalue weighted by Crippen LogP contribution is 2.30. The molecule has 0 fully saturated rings. The molecule has 0 heterocycles. The Morgan fingerprint density at radius 2 is 1.85 bits per heavy atom. The van der Waals surface area contributed by atoms with Crippen molar-refractivity contribution >= 4 is 15.7 Å². The van der Waals surface area contributed by atoms with Crippen LogP contribution < -0.4 is 9.47 Å². The van der Waals surface area contributed by atoms with Gasteiger partial charge in [0.1, 0.15) is 16.4 Å². The highest BCUT2D eigenvalue weighted by Gasteiger charge is 2.26. The van der Waals surface area contributed by atoms with Gasteiger partial charge in [-0.2, -0.15) is 0 Å². The van der Waals surface area contributed by atoms with Crippen molar-refractivity contribution < 1.29 is 22.8 Å². The maximum atomic E-state index is 12.7. The fourth-order valence-corrected chi connectivity index (χ4v) is 3.61. The maximum Gasteiger partial charge on any atom is 0.273 e. The Hall–Kier alpha value is -2.65. The largest absolute Gasteiger partial charge is 0.495 e. The number of nitro benzene ring substituents is 1. The highest BCUT2D eigenvalue weighted by atomic mass is 32.2. The molecule has 0 amide bonds. The van der Waals surface area contributed by atoms with Crippen LogP contribution in [0, 0.1) is 10.1 Å². The van der Waals surface area contributed by atoms with Gasteiger partial charge in [0.2, 0.25) is 10.0 Å². The van der Waals surface area contributed by atoms with E-state index in [1.807, 2.05) is 30.3 Å². The lowest BCUT2D eigenvalue weighted by molar-refractivity contribution is -0.385. The van der Waals surface area contributed by atoms with Gasteiger partial charge in [0, 0.05) is 19.7 Å². The van der Waals surface area contributed by atoms with Gasteiger partial charge >= 0.3 is 0 Å². The Labute approximate surface area is 152 Å². The van der Waals surface area contributed by atoms with Crippen molar-refractivity contribution in [3.63, 3.8) is 0 Å². The van der Waals surface area contributed by atoms with Crippen molar-refractivity contribution in [1.29, 1.82) is 0 Å². The summed E-state index contributed by atoms with van der Waals surface area (Å²) in [7, 11) is -1.13. The SMILES string of the molecule is COc1cc([N+](=O)[O-])ccc1S(=O)(=O)N(C)CCCOc1ccccc1. The first-order valence-corrected chi connectivity index (χ1v) is 9.27. The number of hydrogen-bond acceptors (Lipinski definition) is 6. The van der Waals surface area contributed by atoms with Crippen molar-refractivity contribution in [2.24, 2.45) is 0 Å². The lowest BCUT2D eigenvalue weighted by Gasteiger charge is -2.18. The van der Waals surface area contributed by atoms with Crippen molar-refractivity contribution in [3.8, 4) is 11.5 Å². The molecule has 0 aliphatic rings. The molecule has 0 bridgehead atoms. The van der Waals surface area contributed by atoms with E-state index in [1.165, 1.54) is 24.5 Å². The second-order valence-electron chi connectivity index (χ2n) is 5.43. The van der Waals surface area contributed by atoms with Crippen LogP contribution >= 0.6 is 0 Å². The van der Waals surface area contributed by atoms with Crippen molar-refractivity contribution in [3.05, 3.63) is 58.6 Å². The summed E-state index contributed by atoms with van der Waals surface area (Å²) in [6, 6.07) is 12.7. The van der Waals surface area contributed by atoms with E-state index in [1.54, 1.807) is 0 Å². The second kappa shape index (κ2) is 8.63. The molecule has 0 atom stereocenters. The number of ether oxygens (including phenoxy) is 2. The minimum Gasteiger partial charge on any atom is -0.495 e. The molecule has 2 aromatic rings. The molecule has 0 radical (unpaired) electrons. The number of para-hydroxylation sites is 1. The van der Waals surface area contributed by atoms with Crippen LogP contribution in [0.1, 0.15) is 6.42 Å². The summed E-state index contributed by atoms with van der Waals surface area (Å²) in [5.74, 6) is 0.654. The summed E-state index contributed by atoms with van der Waals surface area (Å²) in [6.07, 6.45) is 0.486. The lowest BCUT2D eigenvalue weighted by Crippen LogP contribution is -2.29. The minimum atomic E-state index is -3.84. The van der Waals surface area contributed by atoms with Crippen molar-refractivity contribution in [1.82, 2.24) is 4.31 Å². The summed E-state index contributed by atoms with van der Waals surface area (Å²) >= 11 is 0. The summed E-state index contributed by atoms with van der Waals surface area (Å²) in [4.78, 5) is 10.1. The molecule has 8 nitrogen and oxygen atoms in total. The topological polar surface area (TPSA) is 99.0 Å². The quantitative estimate of drug-likeness (QED) is 0.377. The number of hydrogen-bond donors (Lipinski definition) is 0. The number of rotatable bonds is 9. The van der Waals surface area contributed by atoms with E-state index in [0.717, 1.165) is 17.9 Å². The summed E-state index contributed by atoms with van der Waals surface area (Å²) in [5.41, 5.74) is -0.236. The standard InChI is InChI=1S/C17H20N2O6S/c1-18(11-6-12-25-15-7-4-3-5-8-15)26(22,23)17-10-9-14(19(20)21)13-16(17)24-2/h3-5,7-10,13H,6,11-12H2,1-2H3. The Morgan fingerprint density at radius 1 is 1.15 bits per heavy atom. The molecule has 26 heavy (non-hydrogen) atoms. The molecule has 0 saturated carbocycles. The smallest absolute Gasteiger partial charge is 0.273 e. The van der Waals surface area contributed by atoms with E-state index in [9.17, 15) is 18.5 Å². The summed E-state index contributed by atoms with van der Waals surface area (Å²) in [5, 5.41) is 10.8. The number of methoxy groups -OCH3 is 1. The fourth-order valence-electron chi connectivity index (χ4n) is 2.26. The number of non-ortho nitro benzene ring substituents is 1. The fraction of sp³-hybridized carbons (Fsp3) is 0.294. The first-order chi connectivity index (χ1) is 12.4. The molecule has 0 spiro atoms. The third-order valence-corrected chi connectivity index (χ3v) is 5.57. The maximum absolute atomic E-state index is 12.7. The van der Waals surface area contributed by atoms with Crippen LogP contribution in [-0.2, 0) is 10.0 Å². The monoisotopic (exact) mass is 380 g/mol. The molecule has 0 aromatic heterocycles. The summed E-state index contributed by atoms with van der Waals surface area (Å²) in [6.45, 7) is 0.594. The Balaban J connectivity index is 2.03. The van der Waals surface area contributed by atoms with Gasteiger partial charge in [0.25, 0.3) is 5.69 Å². The van der Waals surface area contributed by atoms with Gasteiger partial charge in [-0.25, -0.2) is 12.7 Å². The lowest BCUT2D eigenvalue weighted by atomic mass is 10.3. The molecule has 2 aromatic carbocycles. The van der Waals surface area contributed by atoms with E-state index in [4.69, 9.17) is 9.47 Å². The van der Waals surface area contributed by atoms with Crippen LogP contribution in [0.15, 0.2) is 53.4 Å². The summed E-state index contributed by atoms with van der Waals surface area (Å²) < 4.78 is 37.1. The van der Waals surface area contributed by atoms with Gasteiger partial charge in [0.15, 0.2) is 0 Å². The van der Waals surface area contributed by atoms with Gasteiger partial charge in [-0.3, -0.25) is 10.1 Å². The van der Waals surface area contributed by atoms with Crippen LogP contribution in [0.5, 0.6) is 11.5 Å². The third kappa shape index (κ3) is 4.70. The average molecular weight is 380 g/mol. The number of nitrogens with zero attached hydrogens (tertiary/aromatic N) is 2. The van der Waals surface area contributed by atoms with Gasteiger partial charge in [-0.1, -0.05) is 18.2 Å². The minimum absolute atomic E-state index is 0.0633. The molecule has 140 valence electrons. The van der Waals surface area contributed by atoms with E-state index in [2.05, 4.69) is 0 Å².